The van der Waals surface area contributed by atoms with Gasteiger partial charge in [0, 0.05) is 12.3 Å². The largest absolute Gasteiger partial charge is 0.299 e. The van der Waals surface area contributed by atoms with Crippen LogP contribution in [0.25, 0.3) is 0 Å². The van der Waals surface area contributed by atoms with Crippen LogP contribution < -0.4 is 0 Å². The van der Waals surface area contributed by atoms with Gasteiger partial charge in [0.15, 0.2) is 0 Å². The number of hydrogen-bond acceptors (Lipinski definition) is 1. The molecular formula is C6H6Cl2O. The van der Waals surface area contributed by atoms with Crippen molar-refractivity contribution in [1.29, 1.82) is 0 Å². The van der Waals surface area contributed by atoms with Gasteiger partial charge in [0.2, 0.25) is 0 Å². The third-order valence-corrected chi connectivity index (χ3v) is 3.28. The van der Waals surface area contributed by atoms with E-state index in [1.54, 1.807) is 0 Å². The average Bonchev–Trinajstić information content (AvgIpc) is 2.19. The van der Waals surface area contributed by atoms with Crippen LogP contribution in [0.4, 0.5) is 0 Å². The fraction of sp³-hybridized carbons (Fsp3) is 0.833. The van der Waals surface area contributed by atoms with E-state index in [0.717, 1.165) is 6.42 Å². The van der Waals surface area contributed by atoms with Gasteiger partial charge in [0.05, 0.1) is 5.92 Å². The molecule has 0 aromatic heterocycles. The SMILES string of the molecule is O=C1CCC2C1C2(Cl)Cl. The third-order valence-electron chi connectivity index (χ3n) is 2.25. The Morgan fingerprint density at radius 1 is 1.56 bits per heavy atom. The highest BCUT2D eigenvalue weighted by atomic mass is 35.5. The maximum absolute atomic E-state index is 10.9. The number of fused-ring (bicyclic) bond motifs is 1. The molecule has 50 valence electrons. The van der Waals surface area contributed by atoms with Gasteiger partial charge in [-0.2, -0.15) is 0 Å². The summed E-state index contributed by atoms with van der Waals surface area (Å²) in [6.07, 6.45) is 1.59. The van der Waals surface area contributed by atoms with Crippen molar-refractivity contribution in [3.63, 3.8) is 0 Å². The van der Waals surface area contributed by atoms with Gasteiger partial charge in [-0.15, -0.1) is 23.2 Å². The minimum atomic E-state index is -0.671. The quantitative estimate of drug-likeness (QED) is 0.500. The van der Waals surface area contributed by atoms with Gasteiger partial charge in [0.25, 0.3) is 0 Å². The number of alkyl halides is 2. The van der Waals surface area contributed by atoms with E-state index in [1.165, 1.54) is 0 Å². The molecule has 1 nitrogen and oxygen atoms in total. The summed E-state index contributed by atoms with van der Waals surface area (Å²) in [6.45, 7) is 0. The summed E-state index contributed by atoms with van der Waals surface area (Å²) in [5.41, 5.74) is 0. The molecule has 0 bridgehead atoms. The van der Waals surface area contributed by atoms with Crippen molar-refractivity contribution >= 4 is 29.0 Å². The summed E-state index contributed by atoms with van der Waals surface area (Å²) >= 11 is 11.5. The third kappa shape index (κ3) is 0.596. The lowest BCUT2D eigenvalue weighted by atomic mass is 10.2. The molecule has 0 aromatic carbocycles. The molecule has 0 heterocycles. The number of halogens is 2. The zero-order valence-corrected chi connectivity index (χ0v) is 6.24. The maximum atomic E-state index is 10.9. The summed E-state index contributed by atoms with van der Waals surface area (Å²) in [4.78, 5) is 10.9. The first kappa shape index (κ1) is 5.99. The summed E-state index contributed by atoms with van der Waals surface area (Å²) in [5.74, 6) is 0.527. The molecule has 2 rings (SSSR count). The lowest BCUT2D eigenvalue weighted by Gasteiger charge is -1.99. The molecule has 0 radical (unpaired) electrons. The molecule has 3 heteroatoms. The molecule has 0 spiro atoms. The van der Waals surface area contributed by atoms with E-state index >= 15 is 0 Å². The number of carbonyl (C=O) groups is 1. The van der Waals surface area contributed by atoms with Gasteiger partial charge in [0.1, 0.15) is 10.1 Å². The highest BCUT2D eigenvalue weighted by Crippen LogP contribution is 2.65. The standard InChI is InChI=1S/C6H6Cl2O/c7-6(8)3-1-2-4(9)5(3)6/h3,5H,1-2H2. The fourth-order valence-corrected chi connectivity index (χ4v) is 2.53. The Morgan fingerprint density at radius 3 is 2.44 bits per heavy atom. The topological polar surface area (TPSA) is 17.1 Å². The first-order valence-corrected chi connectivity index (χ1v) is 3.80. The highest BCUT2D eigenvalue weighted by Gasteiger charge is 2.69. The molecule has 2 atom stereocenters. The van der Waals surface area contributed by atoms with Gasteiger partial charge in [-0.1, -0.05) is 0 Å². The van der Waals surface area contributed by atoms with E-state index < -0.39 is 4.33 Å². The minimum Gasteiger partial charge on any atom is -0.299 e. The van der Waals surface area contributed by atoms with E-state index in [2.05, 4.69) is 0 Å². The van der Waals surface area contributed by atoms with Crippen molar-refractivity contribution in [3.05, 3.63) is 0 Å². The van der Waals surface area contributed by atoms with Crippen LogP contribution >= 0.6 is 23.2 Å². The molecule has 0 saturated heterocycles. The van der Waals surface area contributed by atoms with Gasteiger partial charge in [-0.3, -0.25) is 4.79 Å². The molecule has 0 aliphatic heterocycles. The molecule has 9 heavy (non-hydrogen) atoms. The number of hydrogen-bond donors (Lipinski definition) is 0. The Morgan fingerprint density at radius 2 is 2.22 bits per heavy atom. The van der Waals surface area contributed by atoms with Crippen LogP contribution in [-0.2, 0) is 4.79 Å². The second-order valence-corrected chi connectivity index (χ2v) is 4.21. The lowest BCUT2D eigenvalue weighted by Crippen LogP contribution is -2.05. The zero-order chi connectivity index (χ0) is 6.65. The Kier molecular flexibility index (Phi) is 0.970. The van der Waals surface area contributed by atoms with E-state index in [4.69, 9.17) is 23.2 Å². The fourth-order valence-electron chi connectivity index (χ4n) is 1.64. The smallest absolute Gasteiger partial charge is 0.139 e. The Hall–Kier alpha value is 0.250. The monoisotopic (exact) mass is 164 g/mol. The number of carbonyl (C=O) groups excluding carboxylic acids is 1. The molecule has 0 amide bonds. The van der Waals surface area contributed by atoms with E-state index in [-0.39, 0.29) is 17.6 Å². The maximum Gasteiger partial charge on any atom is 0.139 e. The summed E-state index contributed by atoms with van der Waals surface area (Å²) < 4.78 is -0.671. The second kappa shape index (κ2) is 1.46. The van der Waals surface area contributed by atoms with Crippen LogP contribution in [0.5, 0.6) is 0 Å². The predicted molar refractivity (Wildman–Crippen MR) is 35.7 cm³/mol. The molecule has 2 aliphatic rings. The summed E-state index contributed by atoms with van der Waals surface area (Å²) in [6, 6.07) is 0. The Labute approximate surface area is 63.3 Å². The van der Waals surface area contributed by atoms with Crippen LogP contribution in [0.2, 0.25) is 0 Å². The van der Waals surface area contributed by atoms with Gasteiger partial charge in [-0.25, -0.2) is 0 Å². The van der Waals surface area contributed by atoms with Crippen molar-refractivity contribution in [2.24, 2.45) is 11.8 Å². The van der Waals surface area contributed by atoms with Crippen LogP contribution in [-0.4, -0.2) is 10.1 Å². The van der Waals surface area contributed by atoms with Crippen LogP contribution in [0, 0.1) is 11.8 Å². The van der Waals surface area contributed by atoms with E-state index in [1.807, 2.05) is 0 Å². The molecule has 0 aromatic rings. The minimum absolute atomic E-state index is 0.0131. The van der Waals surface area contributed by atoms with Crippen molar-refractivity contribution in [1.82, 2.24) is 0 Å². The van der Waals surface area contributed by atoms with Crippen LogP contribution in [0.3, 0.4) is 0 Å². The Bertz CT molecular complexity index is 176. The highest BCUT2D eigenvalue weighted by molar-refractivity contribution is 6.53. The summed E-state index contributed by atoms with van der Waals surface area (Å²) in [5, 5.41) is 0. The van der Waals surface area contributed by atoms with Crippen LogP contribution in [0.1, 0.15) is 12.8 Å². The molecule has 2 saturated carbocycles. The van der Waals surface area contributed by atoms with Gasteiger partial charge in [-0.05, 0) is 6.42 Å². The van der Waals surface area contributed by atoms with E-state index in [9.17, 15) is 4.79 Å². The van der Waals surface area contributed by atoms with Crippen molar-refractivity contribution in [3.8, 4) is 0 Å². The lowest BCUT2D eigenvalue weighted by molar-refractivity contribution is -0.119. The number of Topliss-reactive ketones (excluding diaryl/α,β-unsaturated/α-hetero) is 1. The van der Waals surface area contributed by atoms with Crippen molar-refractivity contribution in [2.75, 3.05) is 0 Å². The first-order valence-electron chi connectivity index (χ1n) is 3.04. The second-order valence-electron chi connectivity index (χ2n) is 2.76. The number of rotatable bonds is 0. The van der Waals surface area contributed by atoms with Gasteiger partial charge >= 0.3 is 0 Å². The zero-order valence-electron chi connectivity index (χ0n) is 4.73. The average molecular weight is 165 g/mol. The molecule has 2 fully saturated rings. The molecule has 2 unspecified atom stereocenters. The predicted octanol–water partition coefficient (Wildman–Crippen LogP) is 1.77. The van der Waals surface area contributed by atoms with Crippen LogP contribution in [0.15, 0.2) is 0 Å². The molecule has 0 N–H and O–H groups in total. The molecular weight excluding hydrogens is 159 g/mol. The normalized spacial score (nSPS) is 44.9. The van der Waals surface area contributed by atoms with Crippen molar-refractivity contribution in [2.45, 2.75) is 17.2 Å². The summed E-state index contributed by atoms with van der Waals surface area (Å²) in [7, 11) is 0. The molecule has 2 aliphatic carbocycles. The van der Waals surface area contributed by atoms with E-state index in [0.29, 0.717) is 6.42 Å². The number of ketones is 1. The van der Waals surface area contributed by atoms with Crippen molar-refractivity contribution < 1.29 is 4.79 Å². The van der Waals surface area contributed by atoms with Gasteiger partial charge < -0.3 is 0 Å². The first-order chi connectivity index (χ1) is 4.14. The Balaban J connectivity index is 2.23.